The Morgan fingerprint density at radius 1 is 1.53 bits per heavy atom. The highest BCUT2D eigenvalue weighted by Gasteiger charge is 2.29. The summed E-state index contributed by atoms with van der Waals surface area (Å²) >= 11 is 3.46. The van der Waals surface area contributed by atoms with E-state index in [1.807, 2.05) is 30.1 Å². The molecule has 1 aromatic rings. The number of halogens is 1. The molecule has 1 aliphatic rings. The van der Waals surface area contributed by atoms with Crippen LogP contribution in [-0.2, 0) is 11.3 Å². The molecule has 2 rings (SSSR count). The van der Waals surface area contributed by atoms with E-state index in [-0.39, 0.29) is 11.9 Å². The number of benzene rings is 1. The highest BCUT2D eigenvalue weighted by Crippen LogP contribution is 2.18. The molecule has 1 saturated heterocycles. The Balaban J connectivity index is 1.99. The summed E-state index contributed by atoms with van der Waals surface area (Å²) in [7, 11) is 1.88. The summed E-state index contributed by atoms with van der Waals surface area (Å²) in [5, 5.41) is 3.35. The van der Waals surface area contributed by atoms with Gasteiger partial charge in [-0.3, -0.25) is 4.79 Å². The molecule has 0 saturated carbocycles. The minimum absolute atomic E-state index is 0.0223. The minimum atomic E-state index is -0.0223. The van der Waals surface area contributed by atoms with Gasteiger partial charge in [0, 0.05) is 18.1 Å². The van der Waals surface area contributed by atoms with Crippen molar-refractivity contribution < 1.29 is 4.79 Å². The number of carbonyl (C=O) groups is 1. The Morgan fingerprint density at radius 3 is 3.00 bits per heavy atom. The van der Waals surface area contributed by atoms with Gasteiger partial charge in [-0.1, -0.05) is 35.0 Å². The number of hydrogen-bond donors (Lipinski definition) is 1. The van der Waals surface area contributed by atoms with E-state index in [0.29, 0.717) is 12.5 Å². The number of carbonyl (C=O) groups excluding carboxylic acids is 1. The topological polar surface area (TPSA) is 32.3 Å². The second-order valence-corrected chi connectivity index (χ2v) is 6.29. The van der Waals surface area contributed by atoms with Crippen molar-refractivity contribution in [2.24, 2.45) is 5.92 Å². The van der Waals surface area contributed by atoms with Crippen molar-refractivity contribution in [3.05, 3.63) is 34.3 Å². The fraction of sp³-hybridized carbons (Fsp3) is 0.533. The molecule has 3 nitrogen and oxygen atoms in total. The maximum absolute atomic E-state index is 12.4. The van der Waals surface area contributed by atoms with Crippen molar-refractivity contribution in [2.75, 3.05) is 13.6 Å². The largest absolute Gasteiger partial charge is 0.340 e. The first-order valence-corrected chi connectivity index (χ1v) is 7.60. The van der Waals surface area contributed by atoms with Gasteiger partial charge in [-0.15, -0.1) is 0 Å². The smallest absolute Gasteiger partial charge is 0.240 e. The molecule has 19 heavy (non-hydrogen) atoms. The van der Waals surface area contributed by atoms with Gasteiger partial charge in [0.25, 0.3) is 0 Å². The fourth-order valence-corrected chi connectivity index (χ4v) is 3.05. The van der Waals surface area contributed by atoms with Gasteiger partial charge in [-0.2, -0.15) is 0 Å². The monoisotopic (exact) mass is 324 g/mol. The number of nitrogens with zero attached hydrogens (tertiary/aromatic N) is 1. The van der Waals surface area contributed by atoms with Crippen LogP contribution in [0.4, 0.5) is 0 Å². The second kappa shape index (κ2) is 6.53. The normalized spacial score (nSPS) is 23.1. The third kappa shape index (κ3) is 3.80. The van der Waals surface area contributed by atoms with Crippen molar-refractivity contribution >= 4 is 21.8 Å². The Kier molecular flexibility index (Phi) is 4.99. The molecular formula is C15H21BrN2O. The maximum Gasteiger partial charge on any atom is 0.240 e. The Morgan fingerprint density at radius 2 is 2.32 bits per heavy atom. The van der Waals surface area contributed by atoms with E-state index < -0.39 is 0 Å². The summed E-state index contributed by atoms with van der Waals surface area (Å²) in [4.78, 5) is 14.3. The SMILES string of the molecule is CC1CCCNC1C(=O)N(C)Cc1cccc(Br)c1. The zero-order valence-electron chi connectivity index (χ0n) is 11.5. The van der Waals surface area contributed by atoms with Crippen molar-refractivity contribution in [3.63, 3.8) is 0 Å². The van der Waals surface area contributed by atoms with Crippen LogP contribution in [-0.4, -0.2) is 30.4 Å². The van der Waals surface area contributed by atoms with Gasteiger partial charge in [0.05, 0.1) is 6.04 Å². The summed E-state index contributed by atoms with van der Waals surface area (Å²) in [5.74, 6) is 0.624. The lowest BCUT2D eigenvalue weighted by Crippen LogP contribution is -2.51. The van der Waals surface area contributed by atoms with E-state index in [2.05, 4.69) is 34.2 Å². The number of likely N-dealkylation sites (N-methyl/N-ethyl adjacent to an activating group) is 1. The lowest BCUT2D eigenvalue weighted by Gasteiger charge is -2.32. The van der Waals surface area contributed by atoms with Crippen molar-refractivity contribution in [1.29, 1.82) is 0 Å². The molecule has 4 heteroatoms. The van der Waals surface area contributed by atoms with Gasteiger partial charge in [0.15, 0.2) is 0 Å². The van der Waals surface area contributed by atoms with Crippen molar-refractivity contribution in [3.8, 4) is 0 Å². The Labute approximate surface area is 123 Å². The van der Waals surface area contributed by atoms with Gasteiger partial charge in [-0.25, -0.2) is 0 Å². The molecule has 1 aliphatic heterocycles. The summed E-state index contributed by atoms with van der Waals surface area (Å²) in [6, 6.07) is 8.08. The molecule has 104 valence electrons. The van der Waals surface area contributed by atoms with Crippen LogP contribution < -0.4 is 5.32 Å². The predicted molar refractivity (Wildman–Crippen MR) is 80.8 cm³/mol. The summed E-state index contributed by atoms with van der Waals surface area (Å²) in [6.45, 7) is 3.76. The average molecular weight is 325 g/mol. The fourth-order valence-electron chi connectivity index (χ4n) is 2.60. The van der Waals surface area contributed by atoms with Crippen LogP contribution in [0.15, 0.2) is 28.7 Å². The molecule has 1 heterocycles. The lowest BCUT2D eigenvalue weighted by atomic mass is 9.92. The van der Waals surface area contributed by atoms with E-state index in [1.165, 1.54) is 6.42 Å². The summed E-state index contributed by atoms with van der Waals surface area (Å²) in [6.07, 6.45) is 2.30. The third-order valence-electron chi connectivity index (χ3n) is 3.72. The Hall–Kier alpha value is -0.870. The third-order valence-corrected chi connectivity index (χ3v) is 4.21. The zero-order chi connectivity index (χ0) is 13.8. The molecule has 1 aromatic carbocycles. The second-order valence-electron chi connectivity index (χ2n) is 5.38. The van der Waals surface area contributed by atoms with E-state index in [0.717, 1.165) is 23.0 Å². The molecule has 0 spiro atoms. The van der Waals surface area contributed by atoms with Gasteiger partial charge < -0.3 is 10.2 Å². The van der Waals surface area contributed by atoms with E-state index in [1.54, 1.807) is 0 Å². The molecule has 0 aromatic heterocycles. The van der Waals surface area contributed by atoms with E-state index >= 15 is 0 Å². The molecule has 0 bridgehead atoms. The van der Waals surface area contributed by atoms with Crippen LogP contribution in [0.2, 0.25) is 0 Å². The number of rotatable bonds is 3. The van der Waals surface area contributed by atoms with Crippen LogP contribution >= 0.6 is 15.9 Å². The molecule has 1 fully saturated rings. The average Bonchev–Trinajstić information content (AvgIpc) is 2.38. The highest BCUT2D eigenvalue weighted by molar-refractivity contribution is 9.10. The van der Waals surface area contributed by atoms with Gasteiger partial charge in [0.2, 0.25) is 5.91 Å². The highest BCUT2D eigenvalue weighted by atomic mass is 79.9. The first-order valence-electron chi connectivity index (χ1n) is 6.80. The van der Waals surface area contributed by atoms with Crippen LogP contribution in [0.3, 0.4) is 0 Å². The van der Waals surface area contributed by atoms with Crippen LogP contribution in [0.1, 0.15) is 25.3 Å². The van der Waals surface area contributed by atoms with Crippen molar-refractivity contribution in [2.45, 2.75) is 32.4 Å². The predicted octanol–water partition coefficient (Wildman–Crippen LogP) is 2.80. The van der Waals surface area contributed by atoms with Crippen molar-refractivity contribution in [1.82, 2.24) is 10.2 Å². The molecule has 1 amide bonds. The molecule has 2 unspecified atom stereocenters. The first kappa shape index (κ1) is 14.5. The van der Waals surface area contributed by atoms with Gasteiger partial charge in [-0.05, 0) is 43.0 Å². The number of amides is 1. The van der Waals surface area contributed by atoms with Crippen LogP contribution in [0.5, 0.6) is 0 Å². The summed E-state index contributed by atoms with van der Waals surface area (Å²) < 4.78 is 1.05. The maximum atomic E-state index is 12.4. The van der Waals surface area contributed by atoms with Crippen LogP contribution in [0, 0.1) is 5.92 Å². The minimum Gasteiger partial charge on any atom is -0.340 e. The van der Waals surface area contributed by atoms with Gasteiger partial charge >= 0.3 is 0 Å². The zero-order valence-corrected chi connectivity index (χ0v) is 13.1. The standard InChI is InChI=1S/C15H21BrN2O/c1-11-5-4-8-17-14(11)15(19)18(2)10-12-6-3-7-13(16)9-12/h3,6-7,9,11,14,17H,4-5,8,10H2,1-2H3. The molecule has 0 aliphatic carbocycles. The van der Waals surface area contributed by atoms with Gasteiger partial charge in [0.1, 0.15) is 0 Å². The van der Waals surface area contributed by atoms with Crippen LogP contribution in [0.25, 0.3) is 0 Å². The lowest BCUT2D eigenvalue weighted by molar-refractivity contribution is -0.134. The first-order chi connectivity index (χ1) is 9.08. The molecule has 1 N–H and O–H groups in total. The van der Waals surface area contributed by atoms with E-state index in [9.17, 15) is 4.79 Å². The Bertz CT molecular complexity index is 450. The molecule has 0 radical (unpaired) electrons. The summed E-state index contributed by atoms with van der Waals surface area (Å²) in [5.41, 5.74) is 1.15. The quantitative estimate of drug-likeness (QED) is 0.927. The molecular weight excluding hydrogens is 304 g/mol. The number of hydrogen-bond acceptors (Lipinski definition) is 2. The number of nitrogens with one attached hydrogen (secondary N) is 1. The number of piperidine rings is 1. The molecule has 2 atom stereocenters. The van der Waals surface area contributed by atoms with E-state index in [4.69, 9.17) is 0 Å².